The van der Waals surface area contributed by atoms with Crippen LogP contribution in [0.25, 0.3) is 11.1 Å². The first-order valence-electron chi connectivity index (χ1n) is 30.1. The van der Waals surface area contributed by atoms with Crippen LogP contribution in [-0.4, -0.2) is 66.5 Å². The van der Waals surface area contributed by atoms with E-state index in [0.717, 1.165) is 6.92 Å². The topological polar surface area (TPSA) is 56.3 Å². The summed E-state index contributed by atoms with van der Waals surface area (Å²) in [5.74, 6) is -8.02. The zero-order valence-electron chi connectivity index (χ0n) is 57.6. The van der Waals surface area contributed by atoms with E-state index in [1.54, 1.807) is 0 Å². The van der Waals surface area contributed by atoms with Gasteiger partial charge in [-0.15, -0.1) is 11.8 Å². The van der Waals surface area contributed by atoms with Crippen LogP contribution in [0.15, 0.2) is 95.7 Å². The number of amides is 1. The number of rotatable bonds is 12. The summed E-state index contributed by atoms with van der Waals surface area (Å²) in [5.41, 5.74) is -10.2. The first-order valence-corrected chi connectivity index (χ1v) is 15.6. The van der Waals surface area contributed by atoms with Gasteiger partial charge in [-0.3, -0.25) is 4.79 Å². The second-order valence-corrected chi connectivity index (χ2v) is 11.4. The van der Waals surface area contributed by atoms with Gasteiger partial charge in [0.1, 0.15) is 12.6 Å². The van der Waals surface area contributed by atoms with E-state index in [4.69, 9.17) is 32.9 Å². The number of halogens is 5. The van der Waals surface area contributed by atoms with Crippen LogP contribution in [0.5, 0.6) is 0 Å². The lowest BCUT2D eigenvalue weighted by molar-refractivity contribution is -0.137. The van der Waals surface area contributed by atoms with E-state index in [1.807, 2.05) is 0 Å². The van der Waals surface area contributed by atoms with Gasteiger partial charge in [0.25, 0.3) is 0 Å². The Morgan fingerprint density at radius 2 is 1.79 bits per heavy atom. The van der Waals surface area contributed by atoms with Gasteiger partial charge < -0.3 is 24.5 Å². The van der Waals surface area contributed by atoms with Crippen molar-refractivity contribution in [3.8, 4) is 11.1 Å². The van der Waals surface area contributed by atoms with E-state index in [2.05, 4.69) is 4.74 Å². The molecule has 0 aromatic heterocycles. The molecule has 1 amide bonds. The highest BCUT2D eigenvalue weighted by molar-refractivity contribution is 8.02. The SMILES string of the molecule is [2H]C1=C(SCc2c([2H])c([2H])c([2H])c(F)c2F)N(C([2H])([2H])C(=O)N(Cc2c([2H])c([2H])c(-c3c([2H])c([2H])c(C(F)(F)F)c([2H])c3[2H])c([2H])c2C)C2([2H])C([2H])([2H])C([2H])([2H])N(CC([2H])([2H])OC([2H])([2H])[2H])C([2H])([2H])C2([2H])[2H])c2c([2H])c([2H])c([2H])c([2H])c2C1O. The van der Waals surface area contributed by atoms with Crippen molar-refractivity contribution < 1.29 is 79.1 Å². The van der Waals surface area contributed by atoms with Gasteiger partial charge in [0, 0.05) is 72.7 Å². The Morgan fingerprint density at radius 3 is 2.53 bits per heavy atom. The van der Waals surface area contributed by atoms with Gasteiger partial charge in [0.15, 0.2) is 11.6 Å². The molecule has 4 aromatic rings. The molecule has 2 aliphatic rings. The van der Waals surface area contributed by atoms with E-state index < -0.39 is 251 Å². The number of para-hydroxylation sites is 1. The maximum Gasteiger partial charge on any atom is 0.416 e. The molecule has 6 nitrogen and oxygen atoms in total. The quantitative estimate of drug-likeness (QED) is 0.145. The van der Waals surface area contributed by atoms with Crippen molar-refractivity contribution in [2.75, 3.05) is 44.5 Å². The molecule has 53 heavy (non-hydrogen) atoms. The number of aliphatic hydroxyl groups excluding tert-OH is 1. The van der Waals surface area contributed by atoms with Gasteiger partial charge in [0.2, 0.25) is 5.91 Å². The zero-order chi connectivity index (χ0) is 64.9. The lowest BCUT2D eigenvalue weighted by Crippen LogP contribution is -2.50. The van der Waals surface area contributed by atoms with Gasteiger partial charge in [-0.1, -0.05) is 60.4 Å². The number of thioether (sulfide) groups is 1. The summed E-state index contributed by atoms with van der Waals surface area (Å²) < 4.78 is 346. The van der Waals surface area contributed by atoms with Crippen LogP contribution in [0.2, 0.25) is 0 Å². The normalized spacial score (nSPS) is 30.5. The molecule has 0 aliphatic carbocycles. The summed E-state index contributed by atoms with van der Waals surface area (Å²) in [6.45, 7) is -20.8. The largest absolute Gasteiger partial charge is 0.416 e. The van der Waals surface area contributed by atoms with Crippen molar-refractivity contribution in [3.05, 3.63) is 135 Å². The lowest BCUT2D eigenvalue weighted by atomic mass is 9.97. The smallest absolute Gasteiger partial charge is 0.384 e. The Balaban J connectivity index is 1.74. The minimum Gasteiger partial charge on any atom is -0.384 e. The minimum absolute atomic E-state index is 0.157. The van der Waals surface area contributed by atoms with Crippen molar-refractivity contribution in [3.63, 3.8) is 0 Å². The van der Waals surface area contributed by atoms with E-state index >= 15 is 9.18 Å². The lowest BCUT2D eigenvalue weighted by Gasteiger charge is -2.41. The molecule has 0 spiro atoms. The third-order valence-electron chi connectivity index (χ3n) is 7.07. The predicted octanol–water partition coefficient (Wildman–Crippen LogP) is 8.73. The number of hydrogen-bond acceptors (Lipinski definition) is 6. The summed E-state index contributed by atoms with van der Waals surface area (Å²) in [7, 11) is -3.73. The molecular weight excluding hydrogens is 710 g/mol. The van der Waals surface area contributed by atoms with Crippen LogP contribution in [0.3, 0.4) is 0 Å². The number of anilines is 1. The second kappa shape index (κ2) is 16.8. The molecule has 1 saturated heterocycles. The number of piperidine rings is 1. The number of benzene rings is 4. The molecule has 280 valence electrons. The number of nitrogens with zero attached hydrogens (tertiary/aromatic N) is 3. The average molecular weight is 783 g/mol. The predicted molar refractivity (Wildman–Crippen MR) is 198 cm³/mol. The van der Waals surface area contributed by atoms with Gasteiger partial charge in [-0.05, 0) is 72.1 Å². The Morgan fingerprint density at radius 1 is 1.06 bits per heavy atom. The standard InChI is InChI=1S/C41H42F5N3O3S/c1-27-22-29(28-12-14-32(15-13-28)41(44,45)46)10-11-30(27)24-48(33-16-18-47(19-17-33)20-21-52-2)38(51)25-49-36-9-4-3-7-34(36)37(50)23-39(49)53-26-31-6-5-8-35(42)40(31)43/h3-15,22-23,33,37,50H,16-21,24-26H2,1-2H3/i2D3,3D,4D,5D,6D,7D,8D,9D,10D,11D,12D,13D,14D,15D,16D2,17D2,18D2,19D2,21D2,22D,23D,25D2,33D. The number of carbonyl (C=O) groups excluding carboxylic acids is 1. The Bertz CT molecular complexity index is 3360. The maximum atomic E-state index is 16.0. The Kier molecular flexibility index (Phi) is 4.92. The number of methoxy groups -OCH3 is 1. The van der Waals surface area contributed by atoms with Gasteiger partial charge in [-0.25, -0.2) is 8.78 Å². The van der Waals surface area contributed by atoms with Crippen LogP contribution in [-0.2, 0) is 28.0 Å². The number of alkyl halides is 3. The van der Waals surface area contributed by atoms with E-state index in [-0.39, 0.29) is 16.7 Å². The number of carbonyl (C=O) groups is 1. The monoisotopic (exact) mass is 782 g/mol. The van der Waals surface area contributed by atoms with Gasteiger partial charge in [-0.2, -0.15) is 13.2 Å². The minimum atomic E-state index is -5.54. The summed E-state index contributed by atoms with van der Waals surface area (Å²) in [6, 6.07) is -26.2. The van der Waals surface area contributed by atoms with E-state index in [9.17, 15) is 32.3 Å². The molecule has 12 heteroatoms. The summed E-state index contributed by atoms with van der Waals surface area (Å²) >= 11 is -0.157. The van der Waals surface area contributed by atoms with Crippen LogP contribution < -0.4 is 4.90 Å². The number of aliphatic hydroxyl groups is 1. The molecule has 2 aliphatic heterocycles. The molecule has 2 heterocycles. The molecule has 0 radical (unpaired) electrons. The third-order valence-corrected chi connectivity index (χ3v) is 8.07. The number of hydrogen-bond donors (Lipinski definition) is 1. The molecular formula is C41H42F5N3O3S. The third kappa shape index (κ3) is 9.12. The van der Waals surface area contributed by atoms with Crippen LogP contribution >= 0.6 is 11.8 Å². The number of fused-ring (bicyclic) bond motifs is 1. The Labute approximate surface area is 354 Å². The number of likely N-dealkylation sites (tertiary alicyclic amines) is 1. The van der Waals surface area contributed by atoms with Crippen LogP contribution in [0.1, 0.15) is 89.2 Å². The average Bonchev–Trinajstić information content (AvgIpc) is 1.23. The van der Waals surface area contributed by atoms with Gasteiger partial charge in [0.05, 0.1) is 48.7 Å². The fourth-order valence-corrected chi connectivity index (χ4v) is 5.41. The van der Waals surface area contributed by atoms with Crippen molar-refractivity contribution in [1.29, 1.82) is 0 Å². The molecule has 1 fully saturated rings. The van der Waals surface area contributed by atoms with Crippen LogP contribution in [0, 0.1) is 18.6 Å². The first kappa shape index (κ1) is 15.5. The highest BCUT2D eigenvalue weighted by atomic mass is 32.2. The molecule has 1 N–H and O–H groups in total. The fourth-order valence-electron chi connectivity index (χ4n) is 4.47. The zero-order valence-corrected chi connectivity index (χ0v) is 27.4. The summed E-state index contributed by atoms with van der Waals surface area (Å²) in [5, 5.41) is 10.3. The van der Waals surface area contributed by atoms with Crippen molar-refractivity contribution in [2.24, 2.45) is 0 Å². The maximum absolute atomic E-state index is 16.0. The molecule has 1 unspecified atom stereocenters. The molecule has 1 atom stereocenters. The van der Waals surface area contributed by atoms with Gasteiger partial charge >= 0.3 is 6.18 Å². The summed E-state index contributed by atoms with van der Waals surface area (Å²) in [6.07, 6.45) is -17.7. The summed E-state index contributed by atoms with van der Waals surface area (Å²) in [4.78, 5) is 14.4. The second-order valence-electron chi connectivity index (χ2n) is 10.5. The molecule has 0 bridgehead atoms. The molecule has 6 rings (SSSR count). The fraction of sp³-hybridized carbons (Fsp3) is 0.341. The van der Waals surface area contributed by atoms with Crippen LogP contribution in [0.4, 0.5) is 27.6 Å². The van der Waals surface area contributed by atoms with Crippen molar-refractivity contribution in [2.45, 2.75) is 50.3 Å². The molecule has 0 saturated carbocycles. The number of ether oxygens (including phenoxy) is 1. The van der Waals surface area contributed by atoms with Crippen molar-refractivity contribution >= 4 is 23.4 Å². The molecule has 4 aromatic carbocycles. The highest BCUT2D eigenvalue weighted by Gasteiger charge is 2.33. The highest BCUT2D eigenvalue weighted by Crippen LogP contribution is 2.41. The first-order chi connectivity index (χ1) is 37.7. The van der Waals surface area contributed by atoms with E-state index in [1.165, 1.54) is 0 Å². The van der Waals surface area contributed by atoms with E-state index in [0.29, 0.717) is 0 Å². The van der Waals surface area contributed by atoms with Crippen molar-refractivity contribution in [1.82, 2.24) is 9.80 Å². The Hall–Kier alpha value is -4.23.